The van der Waals surface area contributed by atoms with Crippen LogP contribution in [0.25, 0.3) is 0 Å². The molecule has 1 N–H and O–H groups in total. The van der Waals surface area contributed by atoms with E-state index in [1.165, 1.54) is 6.20 Å². The molecule has 2 aliphatic rings. The Morgan fingerprint density at radius 1 is 1.15 bits per heavy atom. The molecule has 0 aliphatic carbocycles. The summed E-state index contributed by atoms with van der Waals surface area (Å²) >= 11 is 6.17. The Labute approximate surface area is 200 Å². The molecule has 2 aromatic rings. The van der Waals surface area contributed by atoms with E-state index in [1.807, 2.05) is 24.3 Å². The van der Waals surface area contributed by atoms with Crippen LogP contribution < -0.4 is 15.0 Å². The number of alkyl halides is 3. The van der Waals surface area contributed by atoms with Crippen molar-refractivity contribution in [1.29, 1.82) is 0 Å². The molecular weight excluding hydrogens is 475 g/mol. The number of rotatable bonds is 6. The second-order valence-electron chi connectivity index (χ2n) is 8.16. The number of nitrogens with zero attached hydrogens (tertiary/aromatic N) is 4. The van der Waals surface area contributed by atoms with E-state index in [1.54, 1.807) is 0 Å². The van der Waals surface area contributed by atoms with Gasteiger partial charge in [0.25, 0.3) is 0 Å². The Morgan fingerprint density at radius 2 is 1.82 bits per heavy atom. The second kappa shape index (κ2) is 10.6. The highest BCUT2D eigenvalue weighted by Crippen LogP contribution is 2.28. The van der Waals surface area contributed by atoms with Gasteiger partial charge in [-0.3, -0.25) is 4.79 Å². The quantitative estimate of drug-likeness (QED) is 0.646. The fourth-order valence-corrected chi connectivity index (χ4v) is 4.04. The number of carbonyl (C=O) groups excluding carboxylic acids is 1. The number of amides is 1. The highest BCUT2D eigenvalue weighted by atomic mass is 35.5. The van der Waals surface area contributed by atoms with Crippen molar-refractivity contribution in [3.63, 3.8) is 0 Å². The topological polar surface area (TPSA) is 79.8 Å². The van der Waals surface area contributed by atoms with Crippen LogP contribution in [0, 0.1) is 5.92 Å². The number of nitrogens with one attached hydrogen (secondary N) is 1. The van der Waals surface area contributed by atoms with Gasteiger partial charge in [-0.05, 0) is 43.0 Å². The van der Waals surface area contributed by atoms with E-state index in [0.717, 1.165) is 29.4 Å². The molecule has 3 heterocycles. The van der Waals surface area contributed by atoms with Crippen molar-refractivity contribution in [3.8, 4) is 5.88 Å². The molecule has 12 heteroatoms. The Bertz CT molecular complexity index is 979. The van der Waals surface area contributed by atoms with Crippen molar-refractivity contribution in [3.05, 3.63) is 35.5 Å². The first-order chi connectivity index (χ1) is 16.3. The van der Waals surface area contributed by atoms with Crippen LogP contribution >= 0.6 is 11.6 Å². The molecule has 0 unspecified atom stereocenters. The molecule has 0 spiro atoms. The van der Waals surface area contributed by atoms with Crippen molar-refractivity contribution in [2.24, 2.45) is 5.92 Å². The van der Waals surface area contributed by atoms with Crippen LogP contribution in [0.15, 0.2) is 30.5 Å². The molecule has 1 aromatic carbocycles. The summed E-state index contributed by atoms with van der Waals surface area (Å²) in [6.07, 6.45) is -2.60. The molecule has 8 nitrogen and oxygen atoms in total. The number of halogens is 4. The Balaban J connectivity index is 1.30. The molecule has 4 rings (SSSR count). The summed E-state index contributed by atoms with van der Waals surface area (Å²) in [4.78, 5) is 22.9. The van der Waals surface area contributed by atoms with Crippen LogP contribution in [-0.4, -0.2) is 73.0 Å². The predicted molar refractivity (Wildman–Crippen MR) is 121 cm³/mol. The number of piperidine rings is 1. The van der Waals surface area contributed by atoms with Gasteiger partial charge in [0.15, 0.2) is 0 Å². The molecule has 0 radical (unpaired) electrons. The maximum absolute atomic E-state index is 12.6. The average molecular weight is 500 g/mol. The van der Waals surface area contributed by atoms with Gasteiger partial charge in [-0.1, -0.05) is 11.6 Å². The van der Waals surface area contributed by atoms with Gasteiger partial charge in [0.2, 0.25) is 11.8 Å². The van der Waals surface area contributed by atoms with Crippen molar-refractivity contribution in [2.45, 2.75) is 19.0 Å². The molecule has 0 saturated carbocycles. The van der Waals surface area contributed by atoms with Crippen LogP contribution in [0.1, 0.15) is 12.8 Å². The minimum atomic E-state index is -4.84. The van der Waals surface area contributed by atoms with Gasteiger partial charge in [-0.2, -0.15) is 18.2 Å². The Hall–Kier alpha value is -2.79. The van der Waals surface area contributed by atoms with Gasteiger partial charge in [0.1, 0.15) is 5.02 Å². The number of likely N-dealkylation sites (tertiary alicyclic amines) is 1. The van der Waals surface area contributed by atoms with Crippen molar-refractivity contribution >= 4 is 34.8 Å². The zero-order valence-electron chi connectivity index (χ0n) is 18.4. The van der Waals surface area contributed by atoms with Gasteiger partial charge < -0.3 is 24.6 Å². The summed E-state index contributed by atoms with van der Waals surface area (Å²) in [5, 5.41) is 3.35. The Kier molecular flexibility index (Phi) is 7.62. The average Bonchev–Trinajstić information content (AvgIpc) is 2.85. The standard InChI is InChI=1S/C22H25ClF3N5O3/c23-18-13-27-21(28-16-1-3-17(4-2-16)30-9-11-33-12-10-30)29-19(18)34-14-15-5-7-31(8-6-15)20(32)22(24,25)26/h1-4,13,15H,5-12,14H2,(H,27,28,29). The largest absolute Gasteiger partial charge is 0.476 e. The molecule has 1 amide bonds. The van der Waals surface area contributed by atoms with Crippen LogP contribution in [0.2, 0.25) is 5.02 Å². The molecule has 2 saturated heterocycles. The van der Waals surface area contributed by atoms with E-state index in [-0.39, 0.29) is 36.5 Å². The third-order valence-corrected chi connectivity index (χ3v) is 6.07. The van der Waals surface area contributed by atoms with Gasteiger partial charge in [-0.25, -0.2) is 4.98 Å². The number of morpholine rings is 1. The van der Waals surface area contributed by atoms with Crippen LogP contribution in [0.4, 0.5) is 30.5 Å². The number of benzene rings is 1. The lowest BCUT2D eigenvalue weighted by atomic mass is 9.98. The maximum atomic E-state index is 12.6. The summed E-state index contributed by atoms with van der Waals surface area (Å²) in [5.41, 5.74) is 1.91. The van der Waals surface area contributed by atoms with E-state index in [9.17, 15) is 18.0 Å². The molecule has 34 heavy (non-hydrogen) atoms. The molecule has 0 bridgehead atoms. The first-order valence-electron chi connectivity index (χ1n) is 11.0. The van der Waals surface area contributed by atoms with Gasteiger partial charge in [0.05, 0.1) is 26.0 Å². The SMILES string of the molecule is O=C(N1CCC(COc2nc(Nc3ccc(N4CCOCC4)cc3)ncc2Cl)CC1)C(F)(F)F. The van der Waals surface area contributed by atoms with Crippen LogP contribution in [0.3, 0.4) is 0 Å². The zero-order valence-corrected chi connectivity index (χ0v) is 19.1. The third-order valence-electron chi connectivity index (χ3n) is 5.81. The molecule has 1 aromatic heterocycles. The normalized spacial score (nSPS) is 17.5. The summed E-state index contributed by atoms with van der Waals surface area (Å²) in [7, 11) is 0. The lowest BCUT2D eigenvalue weighted by Gasteiger charge is -2.32. The summed E-state index contributed by atoms with van der Waals surface area (Å²) in [6, 6.07) is 7.88. The van der Waals surface area contributed by atoms with Crippen LogP contribution in [-0.2, 0) is 9.53 Å². The van der Waals surface area contributed by atoms with Gasteiger partial charge >= 0.3 is 12.1 Å². The lowest BCUT2D eigenvalue weighted by molar-refractivity contribution is -0.186. The Morgan fingerprint density at radius 3 is 2.47 bits per heavy atom. The fraction of sp³-hybridized carbons (Fsp3) is 0.500. The zero-order chi connectivity index (χ0) is 24.1. The summed E-state index contributed by atoms with van der Waals surface area (Å²) in [5.74, 6) is -1.30. The van der Waals surface area contributed by atoms with Gasteiger partial charge in [0, 0.05) is 37.6 Å². The van der Waals surface area contributed by atoms with E-state index < -0.39 is 12.1 Å². The smallest absolute Gasteiger partial charge is 0.471 e. The number of hydrogen-bond donors (Lipinski definition) is 1. The van der Waals surface area contributed by atoms with Crippen LogP contribution in [0.5, 0.6) is 5.88 Å². The molecule has 0 atom stereocenters. The second-order valence-corrected chi connectivity index (χ2v) is 8.57. The third kappa shape index (κ3) is 6.20. The maximum Gasteiger partial charge on any atom is 0.471 e. The molecule has 2 aliphatic heterocycles. The van der Waals surface area contributed by atoms with E-state index >= 15 is 0 Å². The fourth-order valence-electron chi connectivity index (χ4n) is 3.90. The van der Waals surface area contributed by atoms with Crippen molar-refractivity contribution in [2.75, 3.05) is 56.2 Å². The number of aromatic nitrogens is 2. The minimum Gasteiger partial charge on any atom is -0.476 e. The summed E-state index contributed by atoms with van der Waals surface area (Å²) in [6.45, 7) is 3.45. The molecule has 2 fully saturated rings. The number of ether oxygens (including phenoxy) is 2. The molecule has 184 valence electrons. The highest BCUT2D eigenvalue weighted by Gasteiger charge is 2.43. The van der Waals surface area contributed by atoms with E-state index in [2.05, 4.69) is 20.2 Å². The minimum absolute atomic E-state index is 0.00698. The molecular formula is C22H25ClF3N5O3. The monoisotopic (exact) mass is 499 g/mol. The van der Waals surface area contributed by atoms with Gasteiger partial charge in [-0.15, -0.1) is 0 Å². The summed E-state index contributed by atoms with van der Waals surface area (Å²) < 4.78 is 48.9. The van der Waals surface area contributed by atoms with Crippen molar-refractivity contribution < 1.29 is 27.4 Å². The first kappa shape index (κ1) is 24.3. The van der Waals surface area contributed by atoms with Crippen molar-refractivity contribution in [1.82, 2.24) is 14.9 Å². The predicted octanol–water partition coefficient (Wildman–Crippen LogP) is 3.89. The van der Waals surface area contributed by atoms with E-state index in [0.29, 0.717) is 32.0 Å². The van der Waals surface area contributed by atoms with E-state index in [4.69, 9.17) is 21.1 Å². The highest BCUT2D eigenvalue weighted by molar-refractivity contribution is 6.31. The lowest BCUT2D eigenvalue weighted by Crippen LogP contribution is -2.46. The first-order valence-corrected chi connectivity index (χ1v) is 11.4. The number of anilines is 3. The number of carbonyl (C=O) groups is 1. The number of hydrogen-bond acceptors (Lipinski definition) is 7.